The van der Waals surface area contributed by atoms with E-state index in [1.54, 1.807) is 32.2 Å². The average Bonchev–Trinajstić information content (AvgIpc) is 2.35. The summed E-state index contributed by atoms with van der Waals surface area (Å²) in [5.41, 5.74) is 0.570. The SMILES string of the molecule is CC(O)CN(C)C(=O)c1cccc(SCC#N)c1. The van der Waals surface area contributed by atoms with E-state index in [1.807, 2.05) is 12.1 Å². The number of carbonyl (C=O) groups excluding carboxylic acids is 1. The highest BCUT2D eigenvalue weighted by atomic mass is 32.2. The molecular formula is C13H16N2O2S. The molecule has 0 aliphatic heterocycles. The van der Waals surface area contributed by atoms with Gasteiger partial charge in [0.05, 0.1) is 17.9 Å². The van der Waals surface area contributed by atoms with Crippen LogP contribution >= 0.6 is 11.8 Å². The molecule has 18 heavy (non-hydrogen) atoms. The fraction of sp³-hybridized carbons (Fsp3) is 0.385. The van der Waals surface area contributed by atoms with Gasteiger partial charge in [-0.3, -0.25) is 4.79 Å². The standard InChI is InChI=1S/C13H16N2O2S/c1-10(16)9-15(2)13(17)11-4-3-5-12(8-11)18-7-6-14/h3-5,8,10,16H,7,9H2,1-2H3. The molecule has 1 aromatic rings. The molecule has 1 atom stereocenters. The summed E-state index contributed by atoms with van der Waals surface area (Å²) in [6.07, 6.45) is -0.546. The highest BCUT2D eigenvalue weighted by molar-refractivity contribution is 7.99. The molecule has 1 unspecified atom stereocenters. The third-order valence-electron chi connectivity index (χ3n) is 2.27. The molecule has 0 radical (unpaired) electrons. The van der Waals surface area contributed by atoms with Crippen molar-refractivity contribution >= 4 is 17.7 Å². The van der Waals surface area contributed by atoms with Crippen LogP contribution < -0.4 is 0 Å². The summed E-state index contributed by atoms with van der Waals surface area (Å²) >= 11 is 1.40. The molecule has 0 heterocycles. The smallest absolute Gasteiger partial charge is 0.253 e. The molecular weight excluding hydrogens is 248 g/mol. The Hall–Kier alpha value is -1.51. The lowest BCUT2D eigenvalue weighted by molar-refractivity contribution is 0.0703. The largest absolute Gasteiger partial charge is 0.392 e. The van der Waals surface area contributed by atoms with Crippen LogP contribution in [0, 0.1) is 11.3 Å². The minimum Gasteiger partial charge on any atom is -0.392 e. The number of likely N-dealkylation sites (N-methyl/N-ethyl adjacent to an activating group) is 1. The summed E-state index contributed by atoms with van der Waals surface area (Å²) in [6, 6.07) is 9.21. The zero-order valence-electron chi connectivity index (χ0n) is 10.5. The molecule has 0 bridgehead atoms. The zero-order chi connectivity index (χ0) is 13.5. The minimum atomic E-state index is -0.546. The van der Waals surface area contributed by atoms with Gasteiger partial charge in [0.2, 0.25) is 0 Å². The molecule has 1 N–H and O–H groups in total. The van der Waals surface area contributed by atoms with Gasteiger partial charge in [-0.25, -0.2) is 0 Å². The van der Waals surface area contributed by atoms with Crippen molar-refractivity contribution in [2.75, 3.05) is 19.3 Å². The summed E-state index contributed by atoms with van der Waals surface area (Å²) in [5, 5.41) is 17.8. The Morgan fingerprint density at radius 1 is 1.61 bits per heavy atom. The Kier molecular flexibility index (Phi) is 5.69. The lowest BCUT2D eigenvalue weighted by Gasteiger charge is -2.19. The lowest BCUT2D eigenvalue weighted by atomic mass is 10.2. The maximum absolute atomic E-state index is 12.0. The second-order valence-corrected chi connectivity index (χ2v) is 5.06. The van der Waals surface area contributed by atoms with E-state index in [0.717, 1.165) is 4.90 Å². The third kappa shape index (κ3) is 4.40. The van der Waals surface area contributed by atoms with E-state index in [0.29, 0.717) is 17.9 Å². The molecule has 0 saturated heterocycles. The predicted molar refractivity (Wildman–Crippen MR) is 71.4 cm³/mol. The van der Waals surface area contributed by atoms with E-state index < -0.39 is 6.10 Å². The first-order valence-electron chi connectivity index (χ1n) is 5.58. The Bertz CT molecular complexity index is 455. The number of aliphatic hydroxyl groups excluding tert-OH is 1. The summed E-state index contributed by atoms with van der Waals surface area (Å²) in [5.74, 6) is 0.233. The van der Waals surface area contributed by atoms with E-state index in [2.05, 4.69) is 0 Å². The number of amides is 1. The van der Waals surface area contributed by atoms with Gasteiger partial charge in [-0.1, -0.05) is 6.07 Å². The van der Waals surface area contributed by atoms with Gasteiger partial charge in [-0.2, -0.15) is 5.26 Å². The maximum Gasteiger partial charge on any atom is 0.253 e. The van der Waals surface area contributed by atoms with Gasteiger partial charge >= 0.3 is 0 Å². The number of hydrogen-bond donors (Lipinski definition) is 1. The van der Waals surface area contributed by atoms with Crippen molar-refractivity contribution in [1.82, 2.24) is 4.90 Å². The van der Waals surface area contributed by atoms with Crippen molar-refractivity contribution in [3.63, 3.8) is 0 Å². The molecule has 0 aromatic heterocycles. The first kappa shape index (κ1) is 14.6. The van der Waals surface area contributed by atoms with Gasteiger partial charge in [0.25, 0.3) is 5.91 Å². The fourth-order valence-corrected chi connectivity index (χ4v) is 2.15. The van der Waals surface area contributed by atoms with Crippen LogP contribution in [0.5, 0.6) is 0 Å². The van der Waals surface area contributed by atoms with Crippen LogP contribution in [0.4, 0.5) is 0 Å². The van der Waals surface area contributed by atoms with Crippen molar-refractivity contribution in [3.8, 4) is 6.07 Å². The molecule has 1 amide bonds. The van der Waals surface area contributed by atoms with Gasteiger partial charge in [0, 0.05) is 24.1 Å². The molecule has 1 aromatic carbocycles. The number of carbonyl (C=O) groups is 1. The molecule has 0 aliphatic rings. The quantitative estimate of drug-likeness (QED) is 0.823. The van der Waals surface area contributed by atoms with Crippen LogP contribution in [-0.4, -0.2) is 41.4 Å². The third-order valence-corrected chi connectivity index (χ3v) is 3.13. The van der Waals surface area contributed by atoms with E-state index in [9.17, 15) is 9.90 Å². The van der Waals surface area contributed by atoms with E-state index >= 15 is 0 Å². The first-order valence-corrected chi connectivity index (χ1v) is 6.56. The summed E-state index contributed by atoms with van der Waals surface area (Å²) in [4.78, 5) is 14.4. The number of benzene rings is 1. The predicted octanol–water partition coefficient (Wildman–Crippen LogP) is 1.76. The summed E-state index contributed by atoms with van der Waals surface area (Å²) in [6.45, 7) is 1.94. The minimum absolute atomic E-state index is 0.129. The summed E-state index contributed by atoms with van der Waals surface area (Å²) in [7, 11) is 1.66. The lowest BCUT2D eigenvalue weighted by Crippen LogP contribution is -2.33. The summed E-state index contributed by atoms with van der Waals surface area (Å²) < 4.78 is 0. The van der Waals surface area contributed by atoms with Crippen LogP contribution in [0.2, 0.25) is 0 Å². The average molecular weight is 264 g/mol. The van der Waals surface area contributed by atoms with Crippen molar-refractivity contribution in [2.45, 2.75) is 17.9 Å². The van der Waals surface area contributed by atoms with Crippen LogP contribution in [-0.2, 0) is 0 Å². The Labute approximate surface area is 111 Å². The van der Waals surface area contributed by atoms with E-state index in [1.165, 1.54) is 16.7 Å². The van der Waals surface area contributed by atoms with E-state index in [4.69, 9.17) is 5.26 Å². The zero-order valence-corrected chi connectivity index (χ0v) is 11.3. The van der Waals surface area contributed by atoms with Gasteiger partial charge in [-0.05, 0) is 25.1 Å². The van der Waals surface area contributed by atoms with Crippen LogP contribution in [0.15, 0.2) is 29.2 Å². The topological polar surface area (TPSA) is 64.3 Å². The highest BCUT2D eigenvalue weighted by Gasteiger charge is 2.13. The number of nitriles is 1. The maximum atomic E-state index is 12.0. The van der Waals surface area contributed by atoms with Gasteiger partial charge < -0.3 is 10.0 Å². The van der Waals surface area contributed by atoms with Crippen LogP contribution in [0.25, 0.3) is 0 Å². The second kappa shape index (κ2) is 7.04. The van der Waals surface area contributed by atoms with Crippen molar-refractivity contribution in [1.29, 1.82) is 5.26 Å². The number of thioether (sulfide) groups is 1. The molecule has 0 saturated carbocycles. The fourth-order valence-electron chi connectivity index (χ4n) is 1.53. The normalized spacial score (nSPS) is 11.7. The Morgan fingerprint density at radius 3 is 2.94 bits per heavy atom. The van der Waals surface area contributed by atoms with Crippen molar-refractivity contribution in [2.24, 2.45) is 0 Å². The van der Waals surface area contributed by atoms with Gasteiger partial charge in [0.15, 0.2) is 0 Å². The Morgan fingerprint density at radius 2 is 2.33 bits per heavy atom. The van der Waals surface area contributed by atoms with Gasteiger partial charge in [-0.15, -0.1) is 11.8 Å². The second-order valence-electron chi connectivity index (χ2n) is 4.01. The number of aliphatic hydroxyl groups is 1. The number of nitrogens with zero attached hydrogens (tertiary/aromatic N) is 2. The number of rotatable bonds is 5. The van der Waals surface area contributed by atoms with Crippen LogP contribution in [0.3, 0.4) is 0 Å². The molecule has 0 fully saturated rings. The molecule has 4 nitrogen and oxygen atoms in total. The molecule has 96 valence electrons. The molecule has 0 aliphatic carbocycles. The molecule has 1 rings (SSSR count). The van der Waals surface area contributed by atoms with Crippen molar-refractivity contribution in [3.05, 3.63) is 29.8 Å². The van der Waals surface area contributed by atoms with Gasteiger partial charge in [0.1, 0.15) is 0 Å². The van der Waals surface area contributed by atoms with Crippen LogP contribution in [0.1, 0.15) is 17.3 Å². The highest BCUT2D eigenvalue weighted by Crippen LogP contribution is 2.19. The first-order chi connectivity index (χ1) is 8.54. The monoisotopic (exact) mass is 264 g/mol. The number of hydrogen-bond acceptors (Lipinski definition) is 4. The molecule has 0 spiro atoms. The Balaban J connectivity index is 2.76. The van der Waals surface area contributed by atoms with E-state index in [-0.39, 0.29) is 5.91 Å². The van der Waals surface area contributed by atoms with Crippen molar-refractivity contribution < 1.29 is 9.90 Å². The molecule has 5 heteroatoms.